The molecule has 38 heavy (non-hydrogen) atoms. The highest BCUT2D eigenvalue weighted by Gasteiger charge is 2.22. The number of nitrogens with zero attached hydrogens (tertiary/aromatic N) is 6. The normalized spacial score (nSPS) is 12.2. The summed E-state index contributed by atoms with van der Waals surface area (Å²) in [5.74, 6) is 0. The van der Waals surface area contributed by atoms with Crippen LogP contribution >= 0.6 is 22.7 Å². The second-order valence-corrected chi connectivity index (χ2v) is 11.2. The van der Waals surface area contributed by atoms with Gasteiger partial charge in [0.15, 0.2) is 10.3 Å². The van der Waals surface area contributed by atoms with Crippen molar-refractivity contribution in [1.29, 1.82) is 0 Å². The lowest BCUT2D eigenvalue weighted by Gasteiger charge is -2.05. The summed E-state index contributed by atoms with van der Waals surface area (Å²) in [6.07, 6.45) is 1.83. The number of pyridine rings is 2. The van der Waals surface area contributed by atoms with Crippen LogP contribution in [0.3, 0.4) is 0 Å². The first-order valence-corrected chi connectivity index (χ1v) is 13.9. The zero-order valence-corrected chi connectivity index (χ0v) is 21.4. The first-order chi connectivity index (χ1) is 18.8. The number of para-hydroxylation sites is 3. The summed E-state index contributed by atoms with van der Waals surface area (Å²) in [7, 11) is 0. The van der Waals surface area contributed by atoms with Crippen molar-refractivity contribution in [3.05, 3.63) is 97.2 Å². The van der Waals surface area contributed by atoms with Crippen LogP contribution in [0.5, 0.6) is 0 Å². The summed E-state index contributed by atoms with van der Waals surface area (Å²) in [4.78, 5) is 20.1. The van der Waals surface area contributed by atoms with E-state index in [1.807, 2.05) is 24.4 Å². The molecule has 0 unspecified atom stereocenters. The molecule has 8 heteroatoms. The maximum atomic E-state index is 5.28. The summed E-state index contributed by atoms with van der Waals surface area (Å²) in [5, 5.41) is 2.93. The molecule has 0 saturated heterocycles. The van der Waals surface area contributed by atoms with Gasteiger partial charge in [-0.25, -0.2) is 15.0 Å². The molecule has 6 heterocycles. The van der Waals surface area contributed by atoms with E-state index in [9.17, 15) is 0 Å². The molecule has 0 aliphatic rings. The molecule has 0 fully saturated rings. The number of aromatic nitrogens is 6. The molecule has 0 radical (unpaired) electrons. The van der Waals surface area contributed by atoms with E-state index < -0.39 is 0 Å². The molecule has 0 saturated carbocycles. The Morgan fingerprint density at radius 2 is 1.11 bits per heavy atom. The lowest BCUT2D eigenvalue weighted by atomic mass is 10.2. The molecule has 6 nitrogen and oxygen atoms in total. The molecule has 6 aromatic heterocycles. The molecule has 178 valence electrons. The van der Waals surface area contributed by atoms with Gasteiger partial charge in [-0.2, -0.15) is 0 Å². The summed E-state index contributed by atoms with van der Waals surface area (Å²) in [5.41, 5.74) is 8.77. The van der Waals surface area contributed by atoms with Crippen LogP contribution in [0.1, 0.15) is 0 Å². The van der Waals surface area contributed by atoms with E-state index >= 15 is 0 Å². The van der Waals surface area contributed by atoms with Gasteiger partial charge >= 0.3 is 0 Å². The fourth-order valence-corrected chi connectivity index (χ4v) is 7.40. The number of rotatable bonds is 2. The molecule has 0 N–H and O–H groups in total. The topological polar surface area (TPSA) is 61.4 Å². The average molecular weight is 525 g/mol. The average Bonchev–Trinajstić information content (AvgIpc) is 3.71. The number of fused-ring (bicyclic) bond motifs is 8. The number of hydrogen-bond acceptors (Lipinski definition) is 6. The zero-order chi connectivity index (χ0) is 24.8. The van der Waals surface area contributed by atoms with Crippen LogP contribution in [0, 0.1) is 0 Å². The molecular formula is C30H16N6S2. The Hall–Kier alpha value is -4.66. The standard InChI is InChI=1S/C30H16N6S2/c1-4-11-20-17(8-1)26-22(35(20)29-32-18-9-2-5-13-24(18)37-29)16-23-28(34-26)27-21(12-7-15-31-27)36(23)30-33-19-10-3-6-14-25(19)38-30/h1-16H. The van der Waals surface area contributed by atoms with Gasteiger partial charge < -0.3 is 0 Å². The summed E-state index contributed by atoms with van der Waals surface area (Å²) >= 11 is 3.37. The molecule has 3 aromatic carbocycles. The lowest BCUT2D eigenvalue weighted by Crippen LogP contribution is -1.95. The van der Waals surface area contributed by atoms with Crippen molar-refractivity contribution < 1.29 is 0 Å². The Balaban J connectivity index is 1.45. The van der Waals surface area contributed by atoms with Crippen LogP contribution in [0.4, 0.5) is 0 Å². The van der Waals surface area contributed by atoms with Gasteiger partial charge in [0, 0.05) is 11.6 Å². The van der Waals surface area contributed by atoms with E-state index in [-0.39, 0.29) is 0 Å². The van der Waals surface area contributed by atoms with E-state index in [4.69, 9.17) is 19.9 Å². The SMILES string of the molecule is c1ccc2sc(-n3c4ccccc4c4nc5c6ncccc6n(-c6nc7ccccc7s6)c5cc43)nc2c1. The summed E-state index contributed by atoms with van der Waals surface area (Å²) in [6, 6.07) is 31.3. The van der Waals surface area contributed by atoms with Crippen molar-refractivity contribution in [2.24, 2.45) is 0 Å². The third-order valence-electron chi connectivity index (χ3n) is 7.06. The molecule has 0 bridgehead atoms. The Kier molecular flexibility index (Phi) is 3.99. The molecule has 0 aliphatic carbocycles. The highest BCUT2D eigenvalue weighted by Crippen LogP contribution is 2.39. The molecule has 9 rings (SSSR count). The first kappa shape index (κ1) is 20.4. The van der Waals surface area contributed by atoms with Gasteiger partial charge in [0.25, 0.3) is 0 Å². The highest BCUT2D eigenvalue weighted by atomic mass is 32.1. The minimum Gasteiger partial charge on any atom is -0.283 e. The van der Waals surface area contributed by atoms with Crippen molar-refractivity contribution in [2.75, 3.05) is 0 Å². The van der Waals surface area contributed by atoms with Crippen molar-refractivity contribution in [3.63, 3.8) is 0 Å². The smallest absolute Gasteiger partial charge is 0.195 e. The Labute approximate surface area is 223 Å². The number of thiazole rings is 2. The molecule has 0 spiro atoms. The molecule has 0 amide bonds. The third-order valence-corrected chi connectivity index (χ3v) is 9.11. The second kappa shape index (κ2) is 7.44. The van der Waals surface area contributed by atoms with Gasteiger partial charge in [0.1, 0.15) is 11.0 Å². The fraction of sp³-hybridized carbons (Fsp3) is 0. The van der Waals surface area contributed by atoms with Crippen LogP contribution in [0.25, 0.3) is 74.7 Å². The van der Waals surface area contributed by atoms with Gasteiger partial charge in [-0.05, 0) is 48.5 Å². The first-order valence-electron chi connectivity index (χ1n) is 12.2. The largest absolute Gasteiger partial charge is 0.283 e. The van der Waals surface area contributed by atoms with Gasteiger partial charge in [-0.3, -0.25) is 14.1 Å². The molecule has 0 aliphatic heterocycles. The van der Waals surface area contributed by atoms with Crippen molar-refractivity contribution >= 4 is 87.1 Å². The molecule has 9 aromatic rings. The maximum Gasteiger partial charge on any atom is 0.195 e. The monoisotopic (exact) mass is 524 g/mol. The van der Waals surface area contributed by atoms with Crippen molar-refractivity contribution in [1.82, 2.24) is 29.1 Å². The molecular weight excluding hydrogens is 509 g/mol. The van der Waals surface area contributed by atoms with E-state index in [0.717, 1.165) is 74.7 Å². The van der Waals surface area contributed by atoms with Gasteiger partial charge in [0.2, 0.25) is 0 Å². The third kappa shape index (κ3) is 2.70. The van der Waals surface area contributed by atoms with E-state index in [0.29, 0.717) is 0 Å². The predicted octanol–water partition coefficient (Wildman–Crippen LogP) is 7.89. The Morgan fingerprint density at radius 3 is 1.84 bits per heavy atom. The second-order valence-electron chi connectivity index (χ2n) is 9.21. The fourth-order valence-electron chi connectivity index (χ4n) is 5.42. The highest BCUT2D eigenvalue weighted by molar-refractivity contribution is 7.21. The number of benzene rings is 3. The van der Waals surface area contributed by atoms with Crippen LogP contribution in [0.15, 0.2) is 97.2 Å². The quantitative estimate of drug-likeness (QED) is 0.231. The van der Waals surface area contributed by atoms with Crippen molar-refractivity contribution in [3.8, 4) is 10.3 Å². The van der Waals surface area contributed by atoms with Crippen LogP contribution in [-0.4, -0.2) is 29.1 Å². The Bertz CT molecular complexity index is 2140. The van der Waals surface area contributed by atoms with E-state index in [2.05, 4.69) is 81.9 Å². The number of hydrogen-bond donors (Lipinski definition) is 0. The van der Waals surface area contributed by atoms with Crippen LogP contribution in [-0.2, 0) is 0 Å². The minimum absolute atomic E-state index is 0.875. The summed E-state index contributed by atoms with van der Waals surface area (Å²) in [6.45, 7) is 0. The Morgan fingerprint density at radius 1 is 0.500 bits per heavy atom. The van der Waals surface area contributed by atoms with E-state index in [1.54, 1.807) is 22.7 Å². The maximum absolute atomic E-state index is 5.28. The zero-order valence-electron chi connectivity index (χ0n) is 19.7. The predicted molar refractivity (Wildman–Crippen MR) is 157 cm³/mol. The van der Waals surface area contributed by atoms with Crippen LogP contribution < -0.4 is 0 Å². The summed E-state index contributed by atoms with van der Waals surface area (Å²) < 4.78 is 6.76. The van der Waals surface area contributed by atoms with Gasteiger partial charge in [-0.15, -0.1) is 0 Å². The lowest BCUT2D eigenvalue weighted by molar-refractivity contribution is 1.13. The minimum atomic E-state index is 0.875. The van der Waals surface area contributed by atoms with Crippen LogP contribution in [0.2, 0.25) is 0 Å². The van der Waals surface area contributed by atoms with Crippen molar-refractivity contribution in [2.45, 2.75) is 0 Å². The van der Waals surface area contributed by atoms with Gasteiger partial charge in [0.05, 0.1) is 48.0 Å². The van der Waals surface area contributed by atoms with Gasteiger partial charge in [-0.1, -0.05) is 65.1 Å². The van der Waals surface area contributed by atoms with E-state index in [1.165, 1.54) is 0 Å². The molecule has 0 atom stereocenters.